The number of rotatable bonds is 6. The molecule has 0 spiro atoms. The summed E-state index contributed by atoms with van der Waals surface area (Å²) in [7, 11) is 0. The second-order valence-corrected chi connectivity index (χ2v) is 6.28. The minimum absolute atomic E-state index is 0.401. The van der Waals surface area contributed by atoms with Crippen LogP contribution in [0.3, 0.4) is 0 Å². The number of hydrogen-bond acceptors (Lipinski definition) is 3. The van der Waals surface area contributed by atoms with Gasteiger partial charge in [0.2, 0.25) is 0 Å². The third-order valence-electron chi connectivity index (χ3n) is 3.21. The van der Waals surface area contributed by atoms with Crippen molar-refractivity contribution in [2.75, 3.05) is 11.9 Å². The Hall–Kier alpha value is -1.40. The van der Waals surface area contributed by atoms with Crippen LogP contribution in [0.1, 0.15) is 23.4 Å². The Balaban J connectivity index is 1.85. The van der Waals surface area contributed by atoms with E-state index in [1.54, 1.807) is 0 Å². The summed E-state index contributed by atoms with van der Waals surface area (Å²) in [5.41, 5.74) is 9.82. The summed E-state index contributed by atoms with van der Waals surface area (Å²) in [5, 5.41) is 7.85. The van der Waals surface area contributed by atoms with E-state index >= 15 is 0 Å². The fourth-order valence-electron chi connectivity index (χ4n) is 2.19. The van der Waals surface area contributed by atoms with Crippen molar-refractivity contribution in [1.29, 1.82) is 0 Å². The highest BCUT2D eigenvalue weighted by Crippen LogP contribution is 2.21. The molecule has 6 heteroatoms. The summed E-state index contributed by atoms with van der Waals surface area (Å²) < 4.78 is 2.96. The fraction of sp³-hybridized carbons (Fsp3) is 0.333. The molecule has 0 unspecified atom stereocenters. The molecule has 112 valence electrons. The average Bonchev–Trinajstić information content (AvgIpc) is 2.73. The van der Waals surface area contributed by atoms with Crippen molar-refractivity contribution in [3.8, 4) is 0 Å². The van der Waals surface area contributed by atoms with E-state index in [4.69, 9.17) is 18.0 Å². The lowest BCUT2D eigenvalue weighted by atomic mass is 10.2. The van der Waals surface area contributed by atoms with Crippen LogP contribution in [-0.2, 0) is 6.54 Å². The molecule has 0 bridgehead atoms. The van der Waals surface area contributed by atoms with Crippen molar-refractivity contribution >= 4 is 38.8 Å². The van der Waals surface area contributed by atoms with Gasteiger partial charge in [-0.2, -0.15) is 5.10 Å². The normalized spacial score (nSPS) is 10.6. The number of benzene rings is 1. The summed E-state index contributed by atoms with van der Waals surface area (Å²) in [6, 6.07) is 8.01. The van der Waals surface area contributed by atoms with Crippen LogP contribution < -0.4 is 11.1 Å². The summed E-state index contributed by atoms with van der Waals surface area (Å²) in [5.74, 6) is 0. The second-order valence-electron chi connectivity index (χ2n) is 4.99. The number of nitrogens with zero attached hydrogens (tertiary/aromatic N) is 2. The number of nitrogens with one attached hydrogen (secondary N) is 1. The predicted octanol–water partition coefficient (Wildman–Crippen LogP) is 3.40. The number of aromatic nitrogens is 2. The van der Waals surface area contributed by atoms with Crippen LogP contribution in [0.4, 0.5) is 5.69 Å². The first-order valence-corrected chi connectivity index (χ1v) is 8.02. The van der Waals surface area contributed by atoms with Crippen molar-refractivity contribution in [2.24, 2.45) is 5.73 Å². The van der Waals surface area contributed by atoms with Gasteiger partial charge >= 0.3 is 0 Å². The Kier molecular flexibility index (Phi) is 5.36. The van der Waals surface area contributed by atoms with Gasteiger partial charge in [0.15, 0.2) is 0 Å². The lowest BCUT2D eigenvalue weighted by Gasteiger charge is -2.10. The zero-order valence-corrected chi connectivity index (χ0v) is 14.6. The highest BCUT2D eigenvalue weighted by Gasteiger charge is 2.04. The molecule has 0 amide bonds. The van der Waals surface area contributed by atoms with Crippen molar-refractivity contribution in [3.05, 3.63) is 45.7 Å². The van der Waals surface area contributed by atoms with Gasteiger partial charge in [0.05, 0.1) is 5.69 Å². The van der Waals surface area contributed by atoms with E-state index in [9.17, 15) is 0 Å². The first-order chi connectivity index (χ1) is 9.97. The van der Waals surface area contributed by atoms with Crippen molar-refractivity contribution in [3.63, 3.8) is 0 Å². The summed E-state index contributed by atoms with van der Waals surface area (Å²) in [4.78, 5) is 0.401. The van der Waals surface area contributed by atoms with Gasteiger partial charge in [-0.25, -0.2) is 0 Å². The molecule has 4 nitrogen and oxygen atoms in total. The van der Waals surface area contributed by atoms with Gasteiger partial charge in [0.25, 0.3) is 0 Å². The van der Waals surface area contributed by atoms with E-state index in [0.717, 1.165) is 40.9 Å². The van der Waals surface area contributed by atoms with Crippen molar-refractivity contribution < 1.29 is 0 Å². The Morgan fingerprint density at radius 3 is 2.71 bits per heavy atom. The molecule has 2 aromatic rings. The Morgan fingerprint density at radius 2 is 2.14 bits per heavy atom. The quantitative estimate of drug-likeness (QED) is 0.607. The molecule has 0 aliphatic carbocycles. The molecule has 1 aromatic heterocycles. The van der Waals surface area contributed by atoms with Crippen LogP contribution >= 0.6 is 28.1 Å². The molecular weight excluding hydrogens is 348 g/mol. The molecular formula is C15H19BrN4S. The van der Waals surface area contributed by atoms with Crippen molar-refractivity contribution in [2.45, 2.75) is 26.8 Å². The standard InChI is InChI=1S/C15H19BrN4S/c1-10-8-11(2)20(19-10)7-3-6-18-12-4-5-13(15(17)21)14(16)9-12/h4-5,8-9,18H,3,6-7H2,1-2H3,(H2,17,21). The highest BCUT2D eigenvalue weighted by molar-refractivity contribution is 9.10. The Labute approximate surface area is 138 Å². The minimum Gasteiger partial charge on any atom is -0.389 e. The largest absolute Gasteiger partial charge is 0.389 e. The number of halogens is 1. The van der Waals surface area contributed by atoms with E-state index in [2.05, 4.69) is 39.3 Å². The average molecular weight is 367 g/mol. The number of thiocarbonyl (C=S) groups is 1. The number of aryl methyl sites for hydroxylation is 3. The maximum Gasteiger partial charge on any atom is 0.105 e. The summed E-state index contributed by atoms with van der Waals surface area (Å²) in [6.07, 6.45) is 1.01. The Morgan fingerprint density at radius 1 is 1.38 bits per heavy atom. The van der Waals surface area contributed by atoms with Gasteiger partial charge in [0.1, 0.15) is 4.99 Å². The fourth-order valence-corrected chi connectivity index (χ4v) is 3.09. The molecule has 0 aliphatic heterocycles. The van der Waals surface area contributed by atoms with Gasteiger partial charge in [-0.15, -0.1) is 0 Å². The van der Waals surface area contributed by atoms with Crippen LogP contribution in [-0.4, -0.2) is 21.3 Å². The molecule has 1 aromatic carbocycles. The number of anilines is 1. The third kappa shape index (κ3) is 4.28. The first kappa shape index (κ1) is 16.0. The minimum atomic E-state index is 0.401. The van der Waals surface area contributed by atoms with E-state index in [-0.39, 0.29) is 0 Å². The van der Waals surface area contributed by atoms with Crippen molar-refractivity contribution in [1.82, 2.24) is 9.78 Å². The van der Waals surface area contributed by atoms with Gasteiger partial charge in [-0.05, 0) is 60.5 Å². The zero-order valence-electron chi connectivity index (χ0n) is 12.2. The lowest BCUT2D eigenvalue weighted by Crippen LogP contribution is -2.11. The van der Waals surface area contributed by atoms with E-state index in [0.29, 0.717) is 4.99 Å². The van der Waals surface area contributed by atoms with Crippen LogP contribution in [0, 0.1) is 13.8 Å². The highest BCUT2D eigenvalue weighted by atomic mass is 79.9. The van der Waals surface area contributed by atoms with Crippen LogP contribution in [0.5, 0.6) is 0 Å². The predicted molar refractivity (Wildman–Crippen MR) is 94.8 cm³/mol. The summed E-state index contributed by atoms with van der Waals surface area (Å²) in [6.45, 7) is 5.90. The first-order valence-electron chi connectivity index (χ1n) is 6.81. The summed E-state index contributed by atoms with van der Waals surface area (Å²) >= 11 is 8.47. The van der Waals surface area contributed by atoms with Gasteiger partial charge < -0.3 is 11.1 Å². The van der Waals surface area contributed by atoms with Crippen LogP contribution in [0.15, 0.2) is 28.7 Å². The molecule has 21 heavy (non-hydrogen) atoms. The second kappa shape index (κ2) is 7.04. The molecule has 1 heterocycles. The Bertz CT molecular complexity index is 651. The maximum atomic E-state index is 5.64. The van der Waals surface area contributed by atoms with Crippen LogP contribution in [0.25, 0.3) is 0 Å². The molecule has 0 aliphatic rings. The molecule has 0 atom stereocenters. The smallest absolute Gasteiger partial charge is 0.105 e. The monoisotopic (exact) mass is 366 g/mol. The SMILES string of the molecule is Cc1cc(C)n(CCCNc2ccc(C(N)=S)c(Br)c2)n1. The van der Waals surface area contributed by atoms with Gasteiger partial charge in [-0.1, -0.05) is 12.2 Å². The lowest BCUT2D eigenvalue weighted by molar-refractivity contribution is 0.574. The molecule has 0 saturated heterocycles. The van der Waals surface area contributed by atoms with Crippen LogP contribution in [0.2, 0.25) is 0 Å². The number of hydrogen-bond donors (Lipinski definition) is 2. The van der Waals surface area contributed by atoms with Gasteiger partial charge in [0, 0.05) is 34.5 Å². The third-order valence-corrected chi connectivity index (χ3v) is 4.09. The molecule has 0 radical (unpaired) electrons. The maximum absolute atomic E-state index is 5.64. The van der Waals surface area contributed by atoms with E-state index < -0.39 is 0 Å². The molecule has 2 rings (SSSR count). The molecule has 3 N–H and O–H groups in total. The molecule has 0 fully saturated rings. The van der Waals surface area contributed by atoms with E-state index in [1.165, 1.54) is 5.69 Å². The number of nitrogens with two attached hydrogens (primary N) is 1. The van der Waals surface area contributed by atoms with Gasteiger partial charge in [-0.3, -0.25) is 4.68 Å². The van der Waals surface area contributed by atoms with E-state index in [1.807, 2.05) is 29.8 Å². The topological polar surface area (TPSA) is 55.9 Å². The zero-order chi connectivity index (χ0) is 15.4. The molecule has 0 saturated carbocycles.